The maximum Gasteiger partial charge on any atom is 0.328 e. The quantitative estimate of drug-likeness (QED) is 0.0279. The smallest absolute Gasteiger partial charge is 0.328 e. The number of rotatable bonds is 38. The Balaban J connectivity index is 4.25. The van der Waals surface area contributed by atoms with Gasteiger partial charge in [0.25, 0.3) is 0 Å². The van der Waals surface area contributed by atoms with Gasteiger partial charge in [-0.15, -0.1) is 0 Å². The minimum Gasteiger partial charge on any atom is -0.480 e. The SMILES string of the molecule is CCCCC/C=C\C/C=C\CCCCCCCCCC(=O)OC(/C=C\C/C=C\CCCCC)CCCCCCCCC(=O)NCC(=O)NC(CO)C(=O)O. The van der Waals surface area contributed by atoms with Gasteiger partial charge in [0.2, 0.25) is 11.8 Å². The van der Waals surface area contributed by atoms with Crippen LogP contribution in [0.3, 0.4) is 0 Å². The van der Waals surface area contributed by atoms with E-state index >= 15 is 0 Å². The number of aliphatic hydroxyl groups excluding tert-OH is 1. The maximum atomic E-state index is 12.7. The summed E-state index contributed by atoms with van der Waals surface area (Å²) < 4.78 is 5.91. The number of aliphatic carboxylic acids is 1. The molecule has 0 radical (unpaired) electrons. The lowest BCUT2D eigenvalue weighted by atomic mass is 10.1. The standard InChI is InChI=1S/C45H78N2O7/c1-3-5-7-9-11-13-14-15-16-17-18-19-20-21-23-29-33-37-44(51)54-40(34-30-26-22-12-10-8-6-4-2)35-31-27-24-25-28-32-36-42(49)46-38-43(50)47-41(39-48)45(52)53/h11-13,15-16,22,30,34,40-41,48H,3-10,14,17-21,23-29,31-33,35-39H2,1-2H3,(H,46,49)(H,47,50)(H,52,53)/b13-11-,16-15-,22-12-,34-30-. The minimum absolute atomic E-state index is 0.104. The molecule has 2 amide bonds. The van der Waals surface area contributed by atoms with Crippen LogP contribution in [0.5, 0.6) is 0 Å². The van der Waals surface area contributed by atoms with Crippen molar-refractivity contribution in [3.8, 4) is 0 Å². The van der Waals surface area contributed by atoms with Crippen molar-refractivity contribution in [3.05, 3.63) is 48.6 Å². The molecule has 0 aliphatic rings. The summed E-state index contributed by atoms with van der Waals surface area (Å²) in [5.41, 5.74) is 0. The average Bonchev–Trinajstić information content (AvgIpc) is 3.15. The molecule has 0 aromatic carbocycles. The molecule has 0 aromatic rings. The van der Waals surface area contributed by atoms with Gasteiger partial charge in [-0.25, -0.2) is 4.79 Å². The van der Waals surface area contributed by atoms with Gasteiger partial charge in [0, 0.05) is 12.8 Å². The molecule has 0 spiro atoms. The lowest BCUT2D eigenvalue weighted by molar-refractivity contribution is -0.147. The van der Waals surface area contributed by atoms with Crippen LogP contribution in [0.25, 0.3) is 0 Å². The van der Waals surface area contributed by atoms with Gasteiger partial charge in [0.15, 0.2) is 0 Å². The van der Waals surface area contributed by atoms with E-state index in [1.165, 1.54) is 83.5 Å². The van der Waals surface area contributed by atoms with E-state index in [0.29, 0.717) is 19.3 Å². The second-order valence-electron chi connectivity index (χ2n) is 14.4. The first-order chi connectivity index (χ1) is 26.3. The number of carbonyl (C=O) groups is 4. The van der Waals surface area contributed by atoms with Crippen LogP contribution in [0, 0.1) is 0 Å². The van der Waals surface area contributed by atoms with E-state index in [1.807, 2.05) is 0 Å². The van der Waals surface area contributed by atoms with Crippen molar-refractivity contribution in [2.24, 2.45) is 0 Å². The zero-order chi connectivity index (χ0) is 39.7. The third kappa shape index (κ3) is 35.8. The second kappa shape index (κ2) is 39.5. The highest BCUT2D eigenvalue weighted by molar-refractivity contribution is 5.87. The van der Waals surface area contributed by atoms with Crippen LogP contribution < -0.4 is 10.6 Å². The number of carbonyl (C=O) groups excluding carboxylic acids is 3. The number of allylic oxidation sites excluding steroid dienone is 7. The number of ether oxygens (including phenoxy) is 1. The molecule has 9 nitrogen and oxygen atoms in total. The number of hydrogen-bond donors (Lipinski definition) is 4. The molecular weight excluding hydrogens is 681 g/mol. The van der Waals surface area contributed by atoms with Gasteiger partial charge in [0.1, 0.15) is 12.1 Å². The zero-order valence-corrected chi connectivity index (χ0v) is 34.2. The molecule has 0 saturated heterocycles. The molecule has 0 heterocycles. The van der Waals surface area contributed by atoms with E-state index in [9.17, 15) is 19.2 Å². The summed E-state index contributed by atoms with van der Waals surface area (Å²) in [6.07, 6.45) is 45.9. The molecule has 0 bridgehead atoms. The summed E-state index contributed by atoms with van der Waals surface area (Å²) in [5, 5.41) is 22.5. The van der Waals surface area contributed by atoms with Crippen molar-refractivity contribution in [3.63, 3.8) is 0 Å². The number of aliphatic hydroxyl groups is 1. The zero-order valence-electron chi connectivity index (χ0n) is 34.2. The number of unbranched alkanes of at least 4 members (excludes halogenated alkanes) is 18. The molecule has 0 aliphatic heterocycles. The summed E-state index contributed by atoms with van der Waals surface area (Å²) in [6.45, 7) is 3.41. The van der Waals surface area contributed by atoms with Crippen LogP contribution in [-0.4, -0.2) is 59.3 Å². The lowest BCUT2D eigenvalue weighted by Gasteiger charge is -2.15. The van der Waals surface area contributed by atoms with Crippen molar-refractivity contribution >= 4 is 23.8 Å². The fourth-order valence-corrected chi connectivity index (χ4v) is 5.93. The monoisotopic (exact) mass is 759 g/mol. The van der Waals surface area contributed by atoms with Crippen LogP contribution in [0.1, 0.15) is 187 Å². The molecule has 0 aliphatic carbocycles. The Morgan fingerprint density at radius 2 is 1.06 bits per heavy atom. The largest absolute Gasteiger partial charge is 0.480 e. The van der Waals surface area contributed by atoms with Gasteiger partial charge in [-0.1, -0.05) is 140 Å². The van der Waals surface area contributed by atoms with Gasteiger partial charge in [0.05, 0.1) is 13.2 Å². The topological polar surface area (TPSA) is 142 Å². The predicted molar refractivity (Wildman–Crippen MR) is 222 cm³/mol. The van der Waals surface area contributed by atoms with Gasteiger partial charge in [-0.05, 0) is 83.1 Å². The third-order valence-corrected chi connectivity index (χ3v) is 9.28. The van der Waals surface area contributed by atoms with Crippen LogP contribution in [0.4, 0.5) is 0 Å². The van der Waals surface area contributed by atoms with E-state index < -0.39 is 24.5 Å². The van der Waals surface area contributed by atoms with Gasteiger partial charge in [-0.3, -0.25) is 14.4 Å². The summed E-state index contributed by atoms with van der Waals surface area (Å²) in [7, 11) is 0. The predicted octanol–water partition coefficient (Wildman–Crippen LogP) is 10.4. The number of amides is 2. The van der Waals surface area contributed by atoms with Crippen molar-refractivity contribution in [2.75, 3.05) is 13.2 Å². The minimum atomic E-state index is -1.38. The summed E-state index contributed by atoms with van der Waals surface area (Å²) in [4.78, 5) is 47.4. The van der Waals surface area contributed by atoms with Crippen molar-refractivity contribution in [1.29, 1.82) is 0 Å². The molecule has 54 heavy (non-hydrogen) atoms. The molecule has 0 fully saturated rings. The maximum absolute atomic E-state index is 12.7. The first kappa shape index (κ1) is 50.8. The Morgan fingerprint density at radius 3 is 1.59 bits per heavy atom. The molecule has 2 atom stereocenters. The molecule has 0 saturated carbocycles. The van der Waals surface area contributed by atoms with Crippen molar-refractivity contribution in [1.82, 2.24) is 10.6 Å². The number of nitrogens with one attached hydrogen (secondary N) is 2. The summed E-state index contributed by atoms with van der Waals surface area (Å²) in [6, 6.07) is -1.38. The fraction of sp³-hybridized carbons (Fsp3) is 0.733. The first-order valence-electron chi connectivity index (χ1n) is 21.5. The van der Waals surface area contributed by atoms with Crippen LogP contribution in [0.2, 0.25) is 0 Å². The van der Waals surface area contributed by atoms with Crippen LogP contribution in [0.15, 0.2) is 48.6 Å². The highest BCUT2D eigenvalue weighted by Crippen LogP contribution is 2.15. The second-order valence-corrected chi connectivity index (χ2v) is 14.4. The number of esters is 1. The molecule has 9 heteroatoms. The first-order valence-corrected chi connectivity index (χ1v) is 21.5. The fourth-order valence-electron chi connectivity index (χ4n) is 5.93. The van der Waals surface area contributed by atoms with E-state index in [-0.39, 0.29) is 24.5 Å². The third-order valence-electron chi connectivity index (χ3n) is 9.28. The molecule has 4 N–H and O–H groups in total. The molecule has 0 rings (SSSR count). The van der Waals surface area contributed by atoms with Gasteiger partial charge < -0.3 is 25.6 Å². The molecule has 310 valence electrons. The van der Waals surface area contributed by atoms with E-state index in [1.54, 1.807) is 0 Å². The van der Waals surface area contributed by atoms with Gasteiger partial charge >= 0.3 is 11.9 Å². The Hall–Kier alpha value is -3.20. The highest BCUT2D eigenvalue weighted by Gasteiger charge is 2.18. The number of carboxylic acid groups (broad SMARTS) is 1. The highest BCUT2D eigenvalue weighted by atomic mass is 16.5. The average molecular weight is 759 g/mol. The van der Waals surface area contributed by atoms with E-state index in [4.69, 9.17) is 14.9 Å². The molecule has 2 unspecified atom stereocenters. The Labute approximate surface area is 328 Å². The number of carboxylic acids is 1. The summed E-state index contributed by atoms with van der Waals surface area (Å²) >= 11 is 0. The molecular formula is C45H78N2O7. The lowest BCUT2D eigenvalue weighted by Crippen LogP contribution is -2.47. The Morgan fingerprint density at radius 1 is 0.574 bits per heavy atom. The Kier molecular flexibility index (Phi) is 37.2. The normalized spacial score (nSPS) is 12.9. The van der Waals surface area contributed by atoms with Crippen LogP contribution >= 0.6 is 0 Å². The van der Waals surface area contributed by atoms with Crippen LogP contribution in [-0.2, 0) is 23.9 Å². The summed E-state index contributed by atoms with van der Waals surface area (Å²) in [5.74, 6) is -2.36. The number of hydrogen-bond acceptors (Lipinski definition) is 6. The Bertz CT molecular complexity index is 1050. The van der Waals surface area contributed by atoms with E-state index in [0.717, 1.165) is 70.6 Å². The van der Waals surface area contributed by atoms with Crippen molar-refractivity contribution < 1.29 is 34.1 Å². The van der Waals surface area contributed by atoms with Crippen molar-refractivity contribution in [2.45, 2.75) is 199 Å². The molecule has 0 aromatic heterocycles. The van der Waals surface area contributed by atoms with E-state index in [2.05, 4.69) is 73.1 Å². The van der Waals surface area contributed by atoms with Gasteiger partial charge in [-0.2, -0.15) is 0 Å².